The molecule has 0 aliphatic heterocycles. The summed E-state index contributed by atoms with van der Waals surface area (Å²) in [4.78, 5) is 11.3. The monoisotopic (exact) mass is 197 g/mol. The number of hydrogen-bond donors (Lipinski definition) is 1. The molecule has 0 aliphatic rings. The Morgan fingerprint density at radius 3 is 2.57 bits per heavy atom. The summed E-state index contributed by atoms with van der Waals surface area (Å²) in [5.74, 6) is -1.10. The fraction of sp³-hybridized carbons (Fsp3) is 0.300. The van der Waals surface area contributed by atoms with Crippen LogP contribution in [0, 0.1) is 5.82 Å². The lowest BCUT2D eigenvalue weighted by molar-refractivity contribution is 0.0377. The maximum atomic E-state index is 12.8. The van der Waals surface area contributed by atoms with Crippen LogP contribution in [-0.2, 0) is 4.74 Å². The first-order chi connectivity index (χ1) is 6.49. The number of rotatable bonds is 2. The van der Waals surface area contributed by atoms with Gasteiger partial charge in [0.1, 0.15) is 5.82 Å². The molecule has 0 heterocycles. The molecule has 0 atom stereocenters. The van der Waals surface area contributed by atoms with Crippen LogP contribution in [0.5, 0.6) is 0 Å². The van der Waals surface area contributed by atoms with Crippen molar-refractivity contribution in [2.45, 2.75) is 20.0 Å². The Morgan fingerprint density at radius 2 is 2.07 bits per heavy atom. The van der Waals surface area contributed by atoms with Gasteiger partial charge in [0, 0.05) is 5.69 Å². The number of hydrogen-bond acceptors (Lipinski definition) is 3. The molecule has 0 saturated heterocycles. The third kappa shape index (κ3) is 2.73. The van der Waals surface area contributed by atoms with Crippen molar-refractivity contribution in [3.8, 4) is 0 Å². The highest BCUT2D eigenvalue weighted by Crippen LogP contribution is 2.12. The van der Waals surface area contributed by atoms with Gasteiger partial charge in [-0.25, -0.2) is 9.18 Å². The van der Waals surface area contributed by atoms with Gasteiger partial charge < -0.3 is 10.5 Å². The molecule has 0 aliphatic carbocycles. The fourth-order valence-electron chi connectivity index (χ4n) is 1.01. The molecule has 0 saturated carbocycles. The number of nitrogen functional groups attached to an aromatic ring is 1. The highest BCUT2D eigenvalue weighted by atomic mass is 19.1. The molecule has 4 heteroatoms. The third-order valence-corrected chi connectivity index (χ3v) is 1.50. The average molecular weight is 197 g/mol. The van der Waals surface area contributed by atoms with E-state index in [1.54, 1.807) is 13.8 Å². The Labute approximate surface area is 81.7 Å². The summed E-state index contributed by atoms with van der Waals surface area (Å²) in [6.07, 6.45) is -0.230. The maximum Gasteiger partial charge on any atom is 0.338 e. The quantitative estimate of drug-likeness (QED) is 0.582. The lowest BCUT2D eigenvalue weighted by atomic mass is 10.2. The van der Waals surface area contributed by atoms with Crippen LogP contribution in [0.25, 0.3) is 0 Å². The van der Waals surface area contributed by atoms with Gasteiger partial charge in [0.25, 0.3) is 0 Å². The number of carbonyl (C=O) groups excluding carboxylic acids is 1. The first-order valence-electron chi connectivity index (χ1n) is 4.26. The van der Waals surface area contributed by atoms with Crippen LogP contribution in [0.3, 0.4) is 0 Å². The lowest BCUT2D eigenvalue weighted by Crippen LogP contribution is -2.12. The van der Waals surface area contributed by atoms with Crippen LogP contribution in [0.15, 0.2) is 18.2 Å². The zero-order valence-electron chi connectivity index (χ0n) is 8.08. The second kappa shape index (κ2) is 4.09. The van der Waals surface area contributed by atoms with E-state index in [-0.39, 0.29) is 17.4 Å². The SMILES string of the molecule is CC(C)OC(=O)c1cc(N)cc(F)c1. The summed E-state index contributed by atoms with van der Waals surface area (Å²) >= 11 is 0. The number of ether oxygens (including phenoxy) is 1. The van der Waals surface area contributed by atoms with E-state index in [9.17, 15) is 9.18 Å². The Bertz CT molecular complexity index is 330. The molecular weight excluding hydrogens is 185 g/mol. The molecule has 0 spiro atoms. The van der Waals surface area contributed by atoms with Crippen LogP contribution in [0.1, 0.15) is 24.2 Å². The Hall–Kier alpha value is -1.58. The summed E-state index contributed by atoms with van der Waals surface area (Å²) < 4.78 is 17.7. The molecule has 0 fully saturated rings. The van der Waals surface area contributed by atoms with Gasteiger partial charge in [-0.1, -0.05) is 0 Å². The Balaban J connectivity index is 2.90. The summed E-state index contributed by atoms with van der Waals surface area (Å²) in [6.45, 7) is 3.45. The van der Waals surface area contributed by atoms with E-state index in [2.05, 4.69) is 0 Å². The van der Waals surface area contributed by atoms with Crippen molar-refractivity contribution in [2.24, 2.45) is 0 Å². The highest BCUT2D eigenvalue weighted by molar-refractivity contribution is 5.90. The minimum Gasteiger partial charge on any atom is -0.459 e. The summed E-state index contributed by atoms with van der Waals surface area (Å²) in [5.41, 5.74) is 5.72. The molecule has 14 heavy (non-hydrogen) atoms. The second-order valence-corrected chi connectivity index (χ2v) is 3.23. The van der Waals surface area contributed by atoms with E-state index in [1.165, 1.54) is 6.07 Å². The van der Waals surface area contributed by atoms with Gasteiger partial charge in [-0.05, 0) is 32.0 Å². The molecule has 0 bridgehead atoms. The Morgan fingerprint density at radius 1 is 1.43 bits per heavy atom. The number of esters is 1. The van der Waals surface area contributed by atoms with E-state index in [1.807, 2.05) is 0 Å². The van der Waals surface area contributed by atoms with Gasteiger partial charge in [-0.2, -0.15) is 0 Å². The minimum absolute atomic E-state index is 0.135. The van der Waals surface area contributed by atoms with Gasteiger partial charge in [-0.15, -0.1) is 0 Å². The lowest BCUT2D eigenvalue weighted by Gasteiger charge is -2.08. The van der Waals surface area contributed by atoms with Gasteiger partial charge in [0.15, 0.2) is 0 Å². The molecule has 1 rings (SSSR count). The van der Waals surface area contributed by atoms with Crippen molar-refractivity contribution in [3.63, 3.8) is 0 Å². The number of halogens is 1. The maximum absolute atomic E-state index is 12.8. The van der Waals surface area contributed by atoms with E-state index in [0.717, 1.165) is 12.1 Å². The zero-order chi connectivity index (χ0) is 10.7. The Kier molecular flexibility index (Phi) is 3.06. The molecule has 0 unspecified atom stereocenters. The summed E-state index contributed by atoms with van der Waals surface area (Å²) in [5, 5.41) is 0. The predicted molar refractivity (Wildman–Crippen MR) is 51.4 cm³/mol. The first kappa shape index (κ1) is 10.5. The summed E-state index contributed by atoms with van der Waals surface area (Å²) in [7, 11) is 0. The molecule has 1 aromatic carbocycles. The number of anilines is 1. The second-order valence-electron chi connectivity index (χ2n) is 3.23. The number of benzene rings is 1. The molecule has 1 aromatic rings. The van der Waals surface area contributed by atoms with E-state index in [4.69, 9.17) is 10.5 Å². The van der Waals surface area contributed by atoms with Gasteiger partial charge in [-0.3, -0.25) is 0 Å². The number of carbonyl (C=O) groups is 1. The fourth-order valence-corrected chi connectivity index (χ4v) is 1.01. The highest BCUT2D eigenvalue weighted by Gasteiger charge is 2.10. The molecule has 0 aromatic heterocycles. The van der Waals surface area contributed by atoms with Crippen LogP contribution in [0.4, 0.5) is 10.1 Å². The third-order valence-electron chi connectivity index (χ3n) is 1.50. The zero-order valence-corrected chi connectivity index (χ0v) is 8.08. The molecule has 76 valence electrons. The van der Waals surface area contributed by atoms with Gasteiger partial charge in [0.05, 0.1) is 11.7 Å². The van der Waals surface area contributed by atoms with Crippen molar-refractivity contribution < 1.29 is 13.9 Å². The summed E-state index contributed by atoms with van der Waals surface area (Å²) in [6, 6.07) is 3.63. The number of nitrogens with two attached hydrogens (primary N) is 1. The predicted octanol–water partition coefficient (Wildman–Crippen LogP) is 1.97. The smallest absolute Gasteiger partial charge is 0.338 e. The minimum atomic E-state index is -0.564. The van der Waals surface area contributed by atoms with Crippen LogP contribution >= 0.6 is 0 Å². The molecular formula is C10H12FNO2. The van der Waals surface area contributed by atoms with Gasteiger partial charge >= 0.3 is 5.97 Å². The van der Waals surface area contributed by atoms with Crippen molar-refractivity contribution in [1.29, 1.82) is 0 Å². The largest absolute Gasteiger partial charge is 0.459 e. The van der Waals surface area contributed by atoms with Crippen molar-refractivity contribution >= 4 is 11.7 Å². The molecule has 0 radical (unpaired) electrons. The topological polar surface area (TPSA) is 52.3 Å². The molecule has 0 amide bonds. The molecule has 3 nitrogen and oxygen atoms in total. The van der Waals surface area contributed by atoms with E-state index < -0.39 is 11.8 Å². The average Bonchev–Trinajstić information content (AvgIpc) is 2.00. The normalized spacial score (nSPS) is 10.3. The van der Waals surface area contributed by atoms with Crippen molar-refractivity contribution in [2.75, 3.05) is 5.73 Å². The van der Waals surface area contributed by atoms with Crippen molar-refractivity contribution in [3.05, 3.63) is 29.6 Å². The van der Waals surface area contributed by atoms with Crippen LogP contribution in [-0.4, -0.2) is 12.1 Å². The molecule has 2 N–H and O–H groups in total. The van der Waals surface area contributed by atoms with E-state index in [0.29, 0.717) is 0 Å². The standard InChI is InChI=1S/C10H12FNO2/c1-6(2)14-10(13)7-3-8(11)5-9(12)4-7/h3-6H,12H2,1-2H3. The first-order valence-corrected chi connectivity index (χ1v) is 4.26. The van der Waals surface area contributed by atoms with Crippen molar-refractivity contribution in [1.82, 2.24) is 0 Å². The van der Waals surface area contributed by atoms with Gasteiger partial charge in [0.2, 0.25) is 0 Å². The van der Waals surface area contributed by atoms with Crippen LogP contribution in [0.2, 0.25) is 0 Å². The van der Waals surface area contributed by atoms with Crippen LogP contribution < -0.4 is 5.73 Å². The van der Waals surface area contributed by atoms with E-state index >= 15 is 0 Å².